The van der Waals surface area contributed by atoms with Crippen LogP contribution in [0.4, 0.5) is 0 Å². The van der Waals surface area contributed by atoms with Crippen LogP contribution in [0.1, 0.15) is 87.3 Å². The summed E-state index contributed by atoms with van der Waals surface area (Å²) in [6.45, 7) is 6.86. The minimum atomic E-state index is 0.660. The normalized spacial score (nSPS) is 15.3. The molecule has 0 saturated heterocycles. The van der Waals surface area contributed by atoms with E-state index in [-0.39, 0.29) is 0 Å². The fourth-order valence-corrected chi connectivity index (χ4v) is 5.33. The number of nitrogens with zero attached hydrogens (tertiary/aromatic N) is 1. The molecule has 3 aromatic rings. The van der Waals surface area contributed by atoms with Crippen molar-refractivity contribution in [3.8, 4) is 11.3 Å². The van der Waals surface area contributed by atoms with E-state index in [9.17, 15) is 0 Å². The van der Waals surface area contributed by atoms with Gasteiger partial charge >= 0.3 is 0 Å². The third-order valence-corrected chi connectivity index (χ3v) is 7.21. The highest BCUT2D eigenvalue weighted by atomic mass is 14.9. The molecule has 2 aromatic carbocycles. The number of hydrogen-bond acceptors (Lipinski definition) is 0. The summed E-state index contributed by atoms with van der Waals surface area (Å²) >= 11 is 0. The van der Waals surface area contributed by atoms with E-state index in [0.29, 0.717) is 5.92 Å². The van der Waals surface area contributed by atoms with Gasteiger partial charge in [0.1, 0.15) is 7.05 Å². The standard InChI is InChI=1S/C28H36N/c1-5-21(6-2)23-14-15-26-25(18-23)16-17-29(4)28(26)27-19-24(13-12-20(27)3)22-10-8-7-9-11-22/h12-19,21-22H,5-11H2,1-4H3/q+1. The second-order valence-corrected chi connectivity index (χ2v) is 9.04. The molecule has 0 amide bonds. The Balaban J connectivity index is 1.83. The minimum absolute atomic E-state index is 0.660. The van der Waals surface area contributed by atoms with E-state index < -0.39 is 0 Å². The molecule has 1 heterocycles. The summed E-state index contributed by atoms with van der Waals surface area (Å²) in [5.41, 5.74) is 7.15. The fraction of sp³-hybridized carbons (Fsp3) is 0.464. The quantitative estimate of drug-likeness (QED) is 0.398. The van der Waals surface area contributed by atoms with Crippen molar-refractivity contribution in [2.45, 2.75) is 77.6 Å². The van der Waals surface area contributed by atoms with Gasteiger partial charge in [0.15, 0.2) is 6.20 Å². The van der Waals surface area contributed by atoms with E-state index in [4.69, 9.17) is 0 Å². The summed E-state index contributed by atoms with van der Waals surface area (Å²) in [6.07, 6.45) is 11.5. The molecule has 1 nitrogen and oxygen atoms in total. The lowest BCUT2D eigenvalue weighted by molar-refractivity contribution is -0.659. The van der Waals surface area contributed by atoms with Crippen molar-refractivity contribution in [1.82, 2.24) is 0 Å². The first-order chi connectivity index (χ1) is 14.1. The minimum Gasteiger partial charge on any atom is -0.200 e. The Hall–Kier alpha value is -2.15. The molecule has 0 spiro atoms. The molecule has 4 rings (SSSR count). The van der Waals surface area contributed by atoms with Crippen molar-refractivity contribution in [3.05, 3.63) is 65.4 Å². The molecule has 1 aliphatic carbocycles. The van der Waals surface area contributed by atoms with Gasteiger partial charge in [0.2, 0.25) is 5.69 Å². The van der Waals surface area contributed by atoms with E-state index in [1.165, 1.54) is 83.7 Å². The fourth-order valence-electron chi connectivity index (χ4n) is 5.33. The number of fused-ring (bicyclic) bond motifs is 1. The Morgan fingerprint density at radius 3 is 2.41 bits per heavy atom. The van der Waals surface area contributed by atoms with Crippen molar-refractivity contribution < 1.29 is 4.57 Å². The largest absolute Gasteiger partial charge is 0.220 e. The van der Waals surface area contributed by atoms with Crippen molar-refractivity contribution in [1.29, 1.82) is 0 Å². The maximum atomic E-state index is 2.49. The Bertz CT molecular complexity index is 991. The van der Waals surface area contributed by atoms with Crippen molar-refractivity contribution >= 4 is 10.8 Å². The number of pyridine rings is 1. The molecule has 0 aliphatic heterocycles. The zero-order chi connectivity index (χ0) is 20.4. The van der Waals surface area contributed by atoms with E-state index in [0.717, 1.165) is 5.92 Å². The molecule has 0 atom stereocenters. The number of aryl methyl sites for hydroxylation is 2. The van der Waals surface area contributed by atoms with Gasteiger partial charge in [-0.2, -0.15) is 0 Å². The zero-order valence-electron chi connectivity index (χ0n) is 18.7. The third-order valence-electron chi connectivity index (χ3n) is 7.21. The molecule has 1 fully saturated rings. The van der Waals surface area contributed by atoms with Gasteiger partial charge in [-0.1, -0.05) is 57.4 Å². The molecule has 1 aliphatic rings. The molecule has 0 N–H and O–H groups in total. The molecule has 29 heavy (non-hydrogen) atoms. The number of hydrogen-bond donors (Lipinski definition) is 0. The lowest BCUT2D eigenvalue weighted by Crippen LogP contribution is -2.30. The maximum Gasteiger partial charge on any atom is 0.220 e. The number of aromatic nitrogens is 1. The number of rotatable bonds is 5. The monoisotopic (exact) mass is 386 g/mol. The maximum absolute atomic E-state index is 2.49. The van der Waals surface area contributed by atoms with Crippen molar-refractivity contribution in [2.75, 3.05) is 0 Å². The SMILES string of the molecule is CCC(CC)c1ccc2c(-c3cc(C4CCCCC4)ccc3C)[n+](C)ccc2c1. The summed E-state index contributed by atoms with van der Waals surface area (Å²) in [7, 11) is 2.19. The van der Waals surface area contributed by atoms with Crippen LogP contribution in [0.15, 0.2) is 48.7 Å². The summed E-state index contributed by atoms with van der Waals surface area (Å²) in [5, 5.41) is 2.73. The summed E-state index contributed by atoms with van der Waals surface area (Å²) in [4.78, 5) is 0. The van der Waals surface area contributed by atoms with Gasteiger partial charge in [0.05, 0.1) is 5.39 Å². The van der Waals surface area contributed by atoms with Gasteiger partial charge in [0, 0.05) is 11.6 Å². The first-order valence-electron chi connectivity index (χ1n) is 11.7. The Labute approximate surface area is 176 Å². The highest BCUT2D eigenvalue weighted by molar-refractivity contribution is 5.94. The van der Waals surface area contributed by atoms with Gasteiger partial charge in [0.25, 0.3) is 0 Å². The third kappa shape index (κ3) is 3.97. The second kappa shape index (κ2) is 8.69. The first kappa shape index (κ1) is 20.1. The summed E-state index contributed by atoms with van der Waals surface area (Å²) in [5.74, 6) is 1.40. The lowest BCUT2D eigenvalue weighted by atomic mass is 9.82. The topological polar surface area (TPSA) is 3.88 Å². The second-order valence-electron chi connectivity index (χ2n) is 9.04. The van der Waals surface area contributed by atoms with E-state index in [1.807, 2.05) is 0 Å². The molecular weight excluding hydrogens is 350 g/mol. The van der Waals surface area contributed by atoms with Crippen LogP contribution < -0.4 is 4.57 Å². The van der Waals surface area contributed by atoms with E-state index >= 15 is 0 Å². The molecule has 0 radical (unpaired) electrons. The molecule has 1 saturated carbocycles. The smallest absolute Gasteiger partial charge is 0.200 e. The van der Waals surface area contributed by atoms with Gasteiger partial charge in [-0.25, -0.2) is 4.57 Å². The van der Waals surface area contributed by atoms with Gasteiger partial charge in [-0.15, -0.1) is 0 Å². The molecule has 0 bridgehead atoms. The Morgan fingerprint density at radius 1 is 0.931 bits per heavy atom. The van der Waals surface area contributed by atoms with Crippen LogP contribution in [0.3, 0.4) is 0 Å². The molecule has 1 heteroatoms. The average molecular weight is 387 g/mol. The molecular formula is C28H36N+. The predicted molar refractivity (Wildman–Crippen MR) is 124 cm³/mol. The van der Waals surface area contributed by atoms with Gasteiger partial charge in [-0.05, 0) is 78.7 Å². The zero-order valence-corrected chi connectivity index (χ0v) is 18.7. The molecule has 0 unspecified atom stereocenters. The van der Waals surface area contributed by atoms with Crippen molar-refractivity contribution in [3.63, 3.8) is 0 Å². The predicted octanol–water partition coefficient (Wildman–Crippen LogP) is 7.59. The van der Waals surface area contributed by atoms with E-state index in [1.54, 1.807) is 0 Å². The van der Waals surface area contributed by atoms with Crippen molar-refractivity contribution in [2.24, 2.45) is 7.05 Å². The van der Waals surface area contributed by atoms with Crippen LogP contribution in [-0.4, -0.2) is 0 Å². The first-order valence-corrected chi connectivity index (χ1v) is 11.7. The van der Waals surface area contributed by atoms with Crippen LogP contribution in [0.5, 0.6) is 0 Å². The summed E-state index contributed by atoms with van der Waals surface area (Å²) in [6, 6.07) is 16.7. The Morgan fingerprint density at radius 2 is 1.69 bits per heavy atom. The van der Waals surface area contributed by atoms with Gasteiger partial charge in [-0.3, -0.25) is 0 Å². The van der Waals surface area contributed by atoms with Crippen LogP contribution in [-0.2, 0) is 7.05 Å². The van der Waals surface area contributed by atoms with Crippen LogP contribution in [0, 0.1) is 6.92 Å². The highest BCUT2D eigenvalue weighted by Crippen LogP contribution is 2.37. The van der Waals surface area contributed by atoms with Gasteiger partial charge < -0.3 is 0 Å². The van der Waals surface area contributed by atoms with E-state index in [2.05, 4.69) is 81.0 Å². The van der Waals surface area contributed by atoms with Crippen LogP contribution in [0.25, 0.3) is 22.0 Å². The lowest BCUT2D eigenvalue weighted by Gasteiger charge is -2.23. The number of benzene rings is 2. The van der Waals surface area contributed by atoms with Crippen LogP contribution >= 0.6 is 0 Å². The summed E-state index contributed by atoms with van der Waals surface area (Å²) < 4.78 is 2.31. The van der Waals surface area contributed by atoms with Crippen LogP contribution in [0.2, 0.25) is 0 Å². The molecule has 152 valence electrons. The molecule has 1 aromatic heterocycles. The highest BCUT2D eigenvalue weighted by Gasteiger charge is 2.21. The Kier molecular flexibility index (Phi) is 6.04. The average Bonchev–Trinajstić information content (AvgIpc) is 2.76.